The van der Waals surface area contributed by atoms with Crippen molar-refractivity contribution in [2.45, 2.75) is 46.6 Å². The number of carbonyl (C=O) groups excluding carboxylic acids is 1. The van der Waals surface area contributed by atoms with E-state index in [4.69, 9.17) is 9.72 Å². The second-order valence-electron chi connectivity index (χ2n) is 10.6. The minimum atomic E-state index is -0.745. The van der Waals surface area contributed by atoms with Gasteiger partial charge in [0.05, 0.1) is 11.6 Å². The highest BCUT2D eigenvalue weighted by molar-refractivity contribution is 7.14. The van der Waals surface area contributed by atoms with Gasteiger partial charge in [0.15, 0.2) is 5.13 Å². The zero-order chi connectivity index (χ0) is 26.8. The Morgan fingerprint density at radius 3 is 2.58 bits per heavy atom. The summed E-state index contributed by atoms with van der Waals surface area (Å²) in [5.41, 5.74) is 5.67. The van der Waals surface area contributed by atoms with Crippen molar-refractivity contribution in [2.75, 3.05) is 31.1 Å². The highest BCUT2D eigenvalue weighted by Crippen LogP contribution is 2.37. The number of amides is 1. The first-order chi connectivity index (χ1) is 18.3. The lowest BCUT2D eigenvalue weighted by Crippen LogP contribution is -2.35. The van der Waals surface area contributed by atoms with Crippen molar-refractivity contribution >= 4 is 28.3 Å². The lowest BCUT2D eigenvalue weighted by molar-refractivity contribution is -0.142. The van der Waals surface area contributed by atoms with Crippen LogP contribution < -0.4 is 9.64 Å². The average molecular weight is 534 g/mol. The Morgan fingerprint density at radius 1 is 1.08 bits per heavy atom. The second kappa shape index (κ2) is 11.2. The van der Waals surface area contributed by atoms with Gasteiger partial charge in [-0.2, -0.15) is 0 Å². The van der Waals surface area contributed by atoms with Crippen molar-refractivity contribution in [2.24, 2.45) is 11.8 Å². The van der Waals surface area contributed by atoms with E-state index in [1.807, 2.05) is 61.4 Å². The van der Waals surface area contributed by atoms with Crippen LogP contribution in [0.15, 0.2) is 41.8 Å². The molecule has 0 bridgehead atoms. The molecule has 1 N–H and O–H groups in total. The van der Waals surface area contributed by atoms with Crippen LogP contribution >= 0.6 is 11.3 Å². The molecule has 1 aromatic heterocycles. The Hall–Kier alpha value is -3.39. The average Bonchev–Trinajstić information content (AvgIpc) is 3.55. The maximum absolute atomic E-state index is 12.9. The number of benzene rings is 2. The summed E-state index contributed by atoms with van der Waals surface area (Å²) in [6, 6.07) is 12.0. The number of rotatable bonds is 7. The summed E-state index contributed by atoms with van der Waals surface area (Å²) in [5, 5.41) is 12.4. The van der Waals surface area contributed by atoms with Crippen molar-refractivity contribution < 1.29 is 19.4 Å². The van der Waals surface area contributed by atoms with Gasteiger partial charge in [-0.25, -0.2) is 4.98 Å². The van der Waals surface area contributed by atoms with Crippen LogP contribution in [-0.2, 0) is 11.4 Å². The Balaban J connectivity index is 1.30. The first kappa shape index (κ1) is 26.2. The van der Waals surface area contributed by atoms with Crippen LogP contribution in [0.3, 0.4) is 0 Å². The van der Waals surface area contributed by atoms with Crippen LogP contribution in [0.4, 0.5) is 5.13 Å². The molecule has 38 heavy (non-hydrogen) atoms. The number of piperidine rings is 1. The lowest BCUT2D eigenvalue weighted by Gasteiger charge is -2.27. The van der Waals surface area contributed by atoms with Crippen LogP contribution in [0, 0.1) is 25.7 Å². The Labute approximate surface area is 228 Å². The van der Waals surface area contributed by atoms with Gasteiger partial charge in [-0.05, 0) is 74.4 Å². The first-order valence-corrected chi connectivity index (χ1v) is 14.2. The van der Waals surface area contributed by atoms with Crippen molar-refractivity contribution in [3.63, 3.8) is 0 Å². The molecule has 2 fully saturated rings. The van der Waals surface area contributed by atoms with E-state index in [1.54, 1.807) is 0 Å². The lowest BCUT2D eigenvalue weighted by atomic mass is 9.99. The third-order valence-electron chi connectivity index (χ3n) is 7.72. The molecule has 2 aromatic carbocycles. The number of anilines is 1. The number of hydrogen-bond acceptors (Lipinski definition) is 6. The molecule has 7 nitrogen and oxygen atoms in total. The predicted octanol–water partition coefficient (Wildman–Crippen LogP) is 5.79. The van der Waals surface area contributed by atoms with Gasteiger partial charge in [0, 0.05) is 42.7 Å². The van der Waals surface area contributed by atoms with Gasteiger partial charge < -0.3 is 19.6 Å². The number of carboxylic acids is 1. The zero-order valence-electron chi connectivity index (χ0n) is 22.3. The fourth-order valence-corrected chi connectivity index (χ4v) is 6.22. The molecule has 2 aliphatic heterocycles. The fourth-order valence-electron chi connectivity index (χ4n) is 5.37. The topological polar surface area (TPSA) is 83.0 Å². The highest BCUT2D eigenvalue weighted by atomic mass is 32.1. The largest absolute Gasteiger partial charge is 0.488 e. The number of carboxylic acid groups (broad SMARTS) is 1. The van der Waals surface area contributed by atoms with E-state index in [9.17, 15) is 14.7 Å². The molecule has 8 heteroatoms. The molecule has 0 radical (unpaired) electrons. The maximum atomic E-state index is 12.9. The SMILES string of the molecule is Cc1ccc(OCc2ccc(C(=O)N3CCCCC3)cc2C)c(-c2csc(N3CC(C)C(C(=O)O)C3)n2)c1. The third-order valence-corrected chi connectivity index (χ3v) is 8.62. The van der Waals surface area contributed by atoms with Crippen molar-refractivity contribution in [1.82, 2.24) is 9.88 Å². The molecule has 3 heterocycles. The molecule has 5 rings (SSSR count). The monoisotopic (exact) mass is 533 g/mol. The first-order valence-electron chi connectivity index (χ1n) is 13.4. The number of thiazole rings is 1. The molecule has 2 aliphatic rings. The van der Waals surface area contributed by atoms with E-state index in [1.165, 1.54) is 17.8 Å². The molecular formula is C30H35N3O4S. The summed E-state index contributed by atoms with van der Waals surface area (Å²) in [5.74, 6) is -0.168. The summed E-state index contributed by atoms with van der Waals surface area (Å²) in [6.45, 7) is 9.30. The number of aliphatic carboxylic acids is 1. The van der Waals surface area contributed by atoms with E-state index in [0.717, 1.165) is 70.3 Å². The number of aryl methyl sites for hydroxylation is 2. The molecule has 3 aromatic rings. The summed E-state index contributed by atoms with van der Waals surface area (Å²) in [6.07, 6.45) is 3.36. The van der Waals surface area contributed by atoms with Gasteiger partial charge in [-0.1, -0.05) is 24.6 Å². The van der Waals surface area contributed by atoms with Crippen molar-refractivity contribution in [3.05, 3.63) is 64.0 Å². The number of carbonyl (C=O) groups is 2. The molecule has 1 amide bonds. The summed E-state index contributed by atoms with van der Waals surface area (Å²) in [7, 11) is 0. The predicted molar refractivity (Wildman–Crippen MR) is 150 cm³/mol. The number of nitrogens with zero attached hydrogens (tertiary/aromatic N) is 3. The number of hydrogen-bond donors (Lipinski definition) is 1. The number of aromatic nitrogens is 1. The zero-order valence-corrected chi connectivity index (χ0v) is 23.1. The highest BCUT2D eigenvalue weighted by Gasteiger charge is 2.36. The minimum absolute atomic E-state index is 0.0856. The van der Waals surface area contributed by atoms with Crippen molar-refractivity contribution in [3.8, 4) is 17.0 Å². The number of ether oxygens (including phenoxy) is 1. The van der Waals surface area contributed by atoms with Crippen LogP contribution in [0.25, 0.3) is 11.3 Å². The minimum Gasteiger partial charge on any atom is -0.488 e. The molecule has 0 aliphatic carbocycles. The fraction of sp³-hybridized carbons (Fsp3) is 0.433. The normalized spacial score (nSPS) is 19.6. The molecule has 0 spiro atoms. The van der Waals surface area contributed by atoms with E-state index >= 15 is 0 Å². The molecule has 2 atom stereocenters. The second-order valence-corrected chi connectivity index (χ2v) is 11.5. The van der Waals surface area contributed by atoms with Crippen LogP contribution in [0.1, 0.15) is 53.2 Å². The smallest absolute Gasteiger partial charge is 0.308 e. The molecule has 2 unspecified atom stereocenters. The van der Waals surface area contributed by atoms with Gasteiger partial charge in [-0.3, -0.25) is 9.59 Å². The molecular weight excluding hydrogens is 498 g/mol. The molecule has 200 valence electrons. The Bertz CT molecular complexity index is 1330. The molecule has 2 saturated heterocycles. The van der Waals surface area contributed by atoms with Gasteiger partial charge >= 0.3 is 5.97 Å². The van der Waals surface area contributed by atoms with E-state index in [-0.39, 0.29) is 17.7 Å². The van der Waals surface area contributed by atoms with E-state index in [2.05, 4.69) is 11.0 Å². The van der Waals surface area contributed by atoms with Gasteiger partial charge in [0.1, 0.15) is 12.4 Å². The standard InChI is InChI=1S/C30H35N3O4S/c1-19-7-10-27(24(13-19)26-18-38-30(31-26)33-15-21(3)25(16-33)29(35)36)37-17-23-9-8-22(14-20(23)2)28(34)32-11-5-4-6-12-32/h7-10,13-14,18,21,25H,4-6,11-12,15-17H2,1-3H3,(H,35,36). The Kier molecular flexibility index (Phi) is 7.70. The Morgan fingerprint density at radius 2 is 1.87 bits per heavy atom. The van der Waals surface area contributed by atoms with Crippen molar-refractivity contribution in [1.29, 1.82) is 0 Å². The maximum Gasteiger partial charge on any atom is 0.308 e. The third kappa shape index (κ3) is 5.55. The van der Waals surface area contributed by atoms with Gasteiger partial charge in [0.25, 0.3) is 5.91 Å². The van der Waals surface area contributed by atoms with E-state index < -0.39 is 5.97 Å². The summed E-state index contributed by atoms with van der Waals surface area (Å²) >= 11 is 1.54. The van der Waals surface area contributed by atoms with Gasteiger partial charge in [0.2, 0.25) is 0 Å². The quantitative estimate of drug-likeness (QED) is 0.414. The van der Waals surface area contributed by atoms with Crippen LogP contribution in [0.2, 0.25) is 0 Å². The number of likely N-dealkylation sites (tertiary alicyclic amines) is 1. The molecule has 0 saturated carbocycles. The summed E-state index contributed by atoms with van der Waals surface area (Å²) in [4.78, 5) is 33.4. The van der Waals surface area contributed by atoms with E-state index in [0.29, 0.717) is 19.7 Å². The van der Waals surface area contributed by atoms with Crippen LogP contribution in [-0.4, -0.2) is 53.0 Å². The van der Waals surface area contributed by atoms with Crippen LogP contribution in [0.5, 0.6) is 5.75 Å². The van der Waals surface area contributed by atoms with Gasteiger partial charge in [-0.15, -0.1) is 11.3 Å². The summed E-state index contributed by atoms with van der Waals surface area (Å²) < 4.78 is 6.31.